The molecular weight excluding hydrogens is 268 g/mol. The molecule has 0 amide bonds. The molecule has 0 heterocycles. The predicted molar refractivity (Wildman–Crippen MR) is 81.6 cm³/mol. The van der Waals surface area contributed by atoms with Gasteiger partial charge in [-0.3, -0.25) is 5.16 Å². The molecule has 0 saturated heterocycles. The number of fused-ring (bicyclic) bond motifs is 2. The molecule has 1 radical (unpaired) electrons. The van der Waals surface area contributed by atoms with Crippen LogP contribution in [0.25, 0.3) is 21.5 Å². The summed E-state index contributed by atoms with van der Waals surface area (Å²) in [6, 6.07) is 14.9. The van der Waals surface area contributed by atoms with Gasteiger partial charge in [-0.15, -0.1) is 0 Å². The average Bonchev–Trinajstić information content (AvgIpc) is 2.52. The first kappa shape index (κ1) is 13.2. The van der Waals surface area contributed by atoms with Gasteiger partial charge >= 0.3 is 0 Å². The smallest absolute Gasteiger partial charge is 0.274 e. The van der Waals surface area contributed by atoms with Crippen molar-refractivity contribution in [3.05, 3.63) is 53.7 Å². The van der Waals surface area contributed by atoms with Crippen LogP contribution in [0.3, 0.4) is 0 Å². The SMILES string of the molecule is COc1c2ccccc2c(N([O])C=[NH+][O-])c2ccccc12. The normalized spacial score (nSPS) is 11.3. The number of methoxy groups -OCH3 is 1. The number of ether oxygens (including phenoxy) is 1. The van der Waals surface area contributed by atoms with Crippen molar-refractivity contribution in [3.8, 4) is 5.75 Å². The fraction of sp³-hybridized carbons (Fsp3) is 0.0625. The molecule has 105 valence electrons. The van der Waals surface area contributed by atoms with E-state index in [4.69, 9.17) is 4.74 Å². The van der Waals surface area contributed by atoms with Gasteiger partial charge in [-0.2, -0.15) is 0 Å². The average molecular weight is 281 g/mol. The number of hydrogen-bond acceptors (Lipinski definition) is 2. The van der Waals surface area contributed by atoms with E-state index < -0.39 is 0 Å². The van der Waals surface area contributed by atoms with Gasteiger partial charge in [-0.25, -0.2) is 0 Å². The number of benzene rings is 3. The maximum absolute atomic E-state index is 12.2. The van der Waals surface area contributed by atoms with Gasteiger partial charge in [0, 0.05) is 26.8 Å². The zero-order valence-corrected chi connectivity index (χ0v) is 11.4. The molecular formula is C16H13N2O3. The second kappa shape index (κ2) is 5.30. The molecule has 0 aliphatic heterocycles. The first-order valence-electron chi connectivity index (χ1n) is 6.42. The number of nitrogens with zero attached hydrogens (tertiary/aromatic N) is 1. The molecule has 0 spiro atoms. The van der Waals surface area contributed by atoms with Gasteiger partial charge in [-0.1, -0.05) is 36.4 Å². The van der Waals surface area contributed by atoms with Gasteiger partial charge in [-0.05, 0) is 17.2 Å². The summed E-state index contributed by atoms with van der Waals surface area (Å²) < 4.78 is 5.53. The Morgan fingerprint density at radius 3 is 1.90 bits per heavy atom. The van der Waals surface area contributed by atoms with Gasteiger partial charge in [0.1, 0.15) is 5.75 Å². The fourth-order valence-corrected chi connectivity index (χ4v) is 2.64. The molecule has 0 aliphatic carbocycles. The Bertz CT molecular complexity index is 773. The van der Waals surface area contributed by atoms with Crippen LogP contribution in [-0.2, 0) is 5.21 Å². The van der Waals surface area contributed by atoms with Crippen LogP contribution in [0, 0.1) is 5.21 Å². The van der Waals surface area contributed by atoms with Crippen molar-refractivity contribution in [1.29, 1.82) is 0 Å². The van der Waals surface area contributed by atoms with E-state index in [-0.39, 0.29) is 0 Å². The van der Waals surface area contributed by atoms with E-state index >= 15 is 0 Å². The zero-order chi connectivity index (χ0) is 14.8. The van der Waals surface area contributed by atoms with Crippen molar-refractivity contribution >= 4 is 33.6 Å². The van der Waals surface area contributed by atoms with E-state index in [1.54, 1.807) is 7.11 Å². The maximum Gasteiger partial charge on any atom is 0.274 e. The highest BCUT2D eigenvalue weighted by Gasteiger charge is 2.22. The second-order valence-electron chi connectivity index (χ2n) is 4.55. The van der Waals surface area contributed by atoms with E-state index in [0.29, 0.717) is 16.5 Å². The quantitative estimate of drug-likeness (QED) is 0.261. The Labute approximate surface area is 121 Å². The van der Waals surface area contributed by atoms with Gasteiger partial charge in [0.05, 0.1) is 7.11 Å². The van der Waals surface area contributed by atoms with Crippen LogP contribution >= 0.6 is 0 Å². The van der Waals surface area contributed by atoms with Crippen LogP contribution in [0.5, 0.6) is 5.75 Å². The number of hydrogen-bond donors (Lipinski definition) is 1. The Balaban J connectivity index is 2.53. The summed E-state index contributed by atoms with van der Waals surface area (Å²) in [4.78, 5) is 0. The lowest BCUT2D eigenvalue weighted by Gasteiger charge is -2.14. The number of nitrogens with one attached hydrogen (secondary N) is 1. The molecule has 3 rings (SSSR count). The predicted octanol–water partition coefficient (Wildman–Crippen LogP) is 1.76. The van der Waals surface area contributed by atoms with E-state index in [2.05, 4.69) is 0 Å². The summed E-state index contributed by atoms with van der Waals surface area (Å²) in [5, 5.41) is 28.0. The third-order valence-electron chi connectivity index (χ3n) is 3.45. The number of anilines is 1. The van der Waals surface area contributed by atoms with Crippen molar-refractivity contribution in [2.45, 2.75) is 0 Å². The Morgan fingerprint density at radius 1 is 1.00 bits per heavy atom. The first-order valence-corrected chi connectivity index (χ1v) is 6.42. The lowest BCUT2D eigenvalue weighted by molar-refractivity contribution is -0.370. The molecule has 0 aromatic heterocycles. The van der Waals surface area contributed by atoms with E-state index in [1.165, 1.54) is 5.16 Å². The monoisotopic (exact) mass is 281 g/mol. The summed E-state index contributed by atoms with van der Waals surface area (Å²) in [6.45, 7) is 0. The molecule has 21 heavy (non-hydrogen) atoms. The summed E-state index contributed by atoms with van der Waals surface area (Å²) in [6.07, 6.45) is 0.848. The zero-order valence-electron chi connectivity index (χ0n) is 11.4. The second-order valence-corrected chi connectivity index (χ2v) is 4.55. The topological polar surface area (TPSA) is 69.4 Å². The van der Waals surface area contributed by atoms with Gasteiger partial charge in [0.25, 0.3) is 6.34 Å². The minimum absolute atomic E-state index is 0.422. The summed E-state index contributed by atoms with van der Waals surface area (Å²) in [5.74, 6) is 0.716. The minimum Gasteiger partial charge on any atom is -0.717 e. The molecule has 0 fully saturated rings. The van der Waals surface area contributed by atoms with Crippen LogP contribution in [0.4, 0.5) is 5.69 Å². The standard InChI is InChI=1S/C16H13N2O3/c1-21-16-13-8-4-2-6-11(13)15(18(20)10-17-19)12-7-3-5-9-14(12)16/h2-10,17H,1H3. The molecule has 1 N–H and O–H groups in total. The molecule has 0 aliphatic rings. The summed E-state index contributed by atoms with van der Waals surface area (Å²) in [7, 11) is 1.61. The molecule has 3 aromatic carbocycles. The van der Waals surface area contributed by atoms with Crippen LogP contribution in [0.2, 0.25) is 0 Å². The number of hydroxylamine groups is 1. The third kappa shape index (κ3) is 2.04. The van der Waals surface area contributed by atoms with Crippen LogP contribution in [0.1, 0.15) is 0 Å². The van der Waals surface area contributed by atoms with Crippen molar-refractivity contribution in [3.63, 3.8) is 0 Å². The maximum atomic E-state index is 12.2. The Hall–Kier alpha value is -2.79. The van der Waals surface area contributed by atoms with Crippen LogP contribution in [-0.4, -0.2) is 13.4 Å². The third-order valence-corrected chi connectivity index (χ3v) is 3.45. The van der Waals surface area contributed by atoms with Crippen LogP contribution < -0.4 is 15.0 Å². The molecule has 5 nitrogen and oxygen atoms in total. The molecule has 0 bridgehead atoms. The fourth-order valence-electron chi connectivity index (χ4n) is 2.64. The van der Waals surface area contributed by atoms with Gasteiger partial charge < -0.3 is 9.94 Å². The highest BCUT2D eigenvalue weighted by Crippen LogP contribution is 2.41. The lowest BCUT2D eigenvalue weighted by atomic mass is 9.99. The minimum atomic E-state index is 0.422. The highest BCUT2D eigenvalue weighted by atomic mass is 16.5. The van der Waals surface area contributed by atoms with Crippen molar-refractivity contribution in [1.82, 2.24) is 0 Å². The van der Waals surface area contributed by atoms with Crippen LogP contribution in [0.15, 0.2) is 48.5 Å². The van der Waals surface area contributed by atoms with Crippen molar-refractivity contribution in [2.75, 3.05) is 12.2 Å². The molecule has 0 atom stereocenters. The molecule has 0 unspecified atom stereocenters. The molecule has 5 heteroatoms. The van der Waals surface area contributed by atoms with Gasteiger partial charge in [0.15, 0.2) is 5.69 Å². The molecule has 0 saturated carbocycles. The summed E-state index contributed by atoms with van der Waals surface area (Å²) >= 11 is 0. The van der Waals surface area contributed by atoms with E-state index in [1.807, 2.05) is 48.5 Å². The van der Waals surface area contributed by atoms with Crippen molar-refractivity contribution < 1.29 is 15.1 Å². The van der Waals surface area contributed by atoms with Crippen molar-refractivity contribution in [2.24, 2.45) is 0 Å². The lowest BCUT2D eigenvalue weighted by Crippen LogP contribution is -2.63. The summed E-state index contributed by atoms with van der Waals surface area (Å²) in [5.41, 5.74) is 0.422. The Kier molecular flexibility index (Phi) is 3.33. The number of rotatable bonds is 3. The first-order chi connectivity index (χ1) is 10.3. The molecule has 3 aromatic rings. The van der Waals surface area contributed by atoms with E-state index in [9.17, 15) is 10.4 Å². The highest BCUT2D eigenvalue weighted by molar-refractivity contribution is 6.17. The van der Waals surface area contributed by atoms with E-state index in [0.717, 1.165) is 27.9 Å². The Morgan fingerprint density at radius 2 is 1.48 bits per heavy atom. The largest absolute Gasteiger partial charge is 0.717 e. The van der Waals surface area contributed by atoms with Gasteiger partial charge in [0.2, 0.25) is 0 Å².